The highest BCUT2D eigenvalue weighted by molar-refractivity contribution is 6.33. The van der Waals surface area contributed by atoms with Crippen molar-refractivity contribution in [2.75, 3.05) is 23.3 Å². The van der Waals surface area contributed by atoms with Crippen LogP contribution in [-0.2, 0) is 11.0 Å². The molecule has 0 aromatic carbocycles. The summed E-state index contributed by atoms with van der Waals surface area (Å²) in [6.45, 7) is 4.22. The summed E-state index contributed by atoms with van der Waals surface area (Å²) in [7, 11) is 0. The highest BCUT2D eigenvalue weighted by Crippen LogP contribution is 2.34. The van der Waals surface area contributed by atoms with Crippen LogP contribution >= 0.6 is 11.6 Å². The molecule has 166 valence electrons. The third-order valence-electron chi connectivity index (χ3n) is 4.62. The summed E-state index contributed by atoms with van der Waals surface area (Å²) in [6, 6.07) is 1.97. The second-order valence-electron chi connectivity index (χ2n) is 7.34. The topological polar surface area (TPSA) is 100 Å². The normalized spacial score (nSPS) is 16.5. The number of amides is 2. The van der Waals surface area contributed by atoms with Crippen LogP contribution in [0.1, 0.15) is 36.3 Å². The number of halogens is 4. The average molecular weight is 457 g/mol. The number of aromatic nitrogens is 3. The van der Waals surface area contributed by atoms with E-state index in [1.165, 1.54) is 12.3 Å². The Kier molecular flexibility index (Phi) is 6.63. The second-order valence-corrected chi connectivity index (χ2v) is 7.75. The summed E-state index contributed by atoms with van der Waals surface area (Å²) < 4.78 is 38.4. The Balaban J connectivity index is 1.63. The van der Waals surface area contributed by atoms with Gasteiger partial charge in [-0.2, -0.15) is 13.2 Å². The molecule has 2 aromatic rings. The summed E-state index contributed by atoms with van der Waals surface area (Å²) in [5, 5.41) is 5.24. The van der Waals surface area contributed by atoms with E-state index in [9.17, 15) is 22.8 Å². The van der Waals surface area contributed by atoms with Gasteiger partial charge in [-0.15, -0.1) is 0 Å². The van der Waals surface area contributed by atoms with E-state index in [2.05, 4.69) is 25.6 Å². The molecular formula is C19H20ClF3N6O2. The minimum Gasteiger partial charge on any atom is -0.353 e. The van der Waals surface area contributed by atoms with Crippen LogP contribution in [0.4, 0.5) is 24.9 Å². The predicted molar refractivity (Wildman–Crippen MR) is 108 cm³/mol. The molecule has 31 heavy (non-hydrogen) atoms. The number of nitrogens with zero attached hydrogens (tertiary/aromatic N) is 4. The van der Waals surface area contributed by atoms with Crippen LogP contribution in [0, 0.1) is 5.92 Å². The van der Waals surface area contributed by atoms with Crippen molar-refractivity contribution in [3.63, 3.8) is 0 Å². The fraction of sp³-hybridized carbons (Fsp3) is 0.421. The molecule has 12 heteroatoms. The van der Waals surface area contributed by atoms with Gasteiger partial charge in [-0.1, -0.05) is 25.4 Å². The van der Waals surface area contributed by atoms with E-state index in [4.69, 9.17) is 11.6 Å². The van der Waals surface area contributed by atoms with E-state index in [1.807, 2.05) is 0 Å². The Morgan fingerprint density at radius 2 is 2.03 bits per heavy atom. The lowest BCUT2D eigenvalue weighted by atomic mass is 10.2. The minimum atomic E-state index is -4.53. The van der Waals surface area contributed by atoms with Gasteiger partial charge in [0.1, 0.15) is 11.5 Å². The molecule has 0 saturated carbocycles. The zero-order valence-electron chi connectivity index (χ0n) is 16.7. The number of hydrogen-bond donors (Lipinski definition) is 2. The van der Waals surface area contributed by atoms with Crippen molar-refractivity contribution in [3.8, 4) is 0 Å². The number of carbonyl (C=O) groups excluding carboxylic acids is 2. The number of rotatable bonds is 5. The molecule has 2 aromatic heterocycles. The number of carbonyl (C=O) groups is 2. The van der Waals surface area contributed by atoms with Crippen LogP contribution in [0.5, 0.6) is 0 Å². The molecule has 3 rings (SSSR count). The van der Waals surface area contributed by atoms with Gasteiger partial charge >= 0.3 is 6.18 Å². The average Bonchev–Trinajstić information content (AvgIpc) is 3.15. The summed E-state index contributed by atoms with van der Waals surface area (Å²) >= 11 is 6.00. The second kappa shape index (κ2) is 9.04. The maximum Gasteiger partial charge on any atom is 0.417 e. The molecule has 1 saturated heterocycles. The standard InChI is InChI=1S/C19H20ClF3N6O2/c1-10(2)16(30)28-18-24-5-3-14(27-18)17(31)26-12-4-6-29(9-12)15-13(20)7-11(8-25-15)19(21,22)23/h3,5,7-8,10,12H,4,6,9H2,1-2H3,(H,26,31)(H,24,27,28,30)/t12-/m1/s1. The summed E-state index contributed by atoms with van der Waals surface area (Å²) in [5.41, 5.74) is -0.840. The maximum absolute atomic E-state index is 12.8. The lowest BCUT2D eigenvalue weighted by Crippen LogP contribution is -2.37. The molecule has 8 nitrogen and oxygen atoms in total. The fourth-order valence-corrected chi connectivity index (χ4v) is 3.23. The summed E-state index contributed by atoms with van der Waals surface area (Å²) in [5.74, 6) is -0.742. The molecule has 0 bridgehead atoms. The van der Waals surface area contributed by atoms with Gasteiger partial charge < -0.3 is 10.2 Å². The van der Waals surface area contributed by atoms with Crippen molar-refractivity contribution in [1.82, 2.24) is 20.3 Å². The highest BCUT2D eigenvalue weighted by Gasteiger charge is 2.33. The van der Waals surface area contributed by atoms with E-state index in [0.29, 0.717) is 19.5 Å². The largest absolute Gasteiger partial charge is 0.417 e. The van der Waals surface area contributed by atoms with Gasteiger partial charge in [-0.05, 0) is 18.6 Å². The molecule has 1 aliphatic rings. The molecule has 1 aliphatic heterocycles. The lowest BCUT2D eigenvalue weighted by molar-refractivity contribution is -0.137. The summed E-state index contributed by atoms with van der Waals surface area (Å²) in [4.78, 5) is 37.9. The third-order valence-corrected chi connectivity index (χ3v) is 4.90. The molecule has 0 aliphatic carbocycles. The van der Waals surface area contributed by atoms with Crippen LogP contribution in [-0.4, -0.2) is 45.9 Å². The van der Waals surface area contributed by atoms with Crippen molar-refractivity contribution in [2.24, 2.45) is 5.92 Å². The molecular weight excluding hydrogens is 437 g/mol. The van der Waals surface area contributed by atoms with E-state index in [-0.39, 0.29) is 40.3 Å². The zero-order valence-corrected chi connectivity index (χ0v) is 17.5. The molecule has 2 amide bonds. The monoisotopic (exact) mass is 456 g/mol. The van der Waals surface area contributed by atoms with Crippen molar-refractivity contribution >= 4 is 35.2 Å². The first-order valence-corrected chi connectivity index (χ1v) is 9.85. The molecule has 3 heterocycles. The molecule has 2 N–H and O–H groups in total. The highest BCUT2D eigenvalue weighted by atomic mass is 35.5. The van der Waals surface area contributed by atoms with E-state index < -0.39 is 17.6 Å². The number of nitrogens with one attached hydrogen (secondary N) is 2. The molecule has 1 atom stereocenters. The van der Waals surface area contributed by atoms with Crippen molar-refractivity contribution < 1.29 is 22.8 Å². The van der Waals surface area contributed by atoms with Crippen molar-refractivity contribution in [3.05, 3.63) is 40.8 Å². The number of pyridine rings is 1. The van der Waals surface area contributed by atoms with Gasteiger partial charge in [-0.3, -0.25) is 14.9 Å². The van der Waals surface area contributed by atoms with Crippen LogP contribution in [0.3, 0.4) is 0 Å². The van der Waals surface area contributed by atoms with E-state index in [1.54, 1.807) is 18.7 Å². The fourth-order valence-electron chi connectivity index (χ4n) is 2.95. The Morgan fingerprint density at radius 1 is 1.29 bits per heavy atom. The van der Waals surface area contributed by atoms with Gasteiger partial charge in [0.05, 0.1) is 10.6 Å². The van der Waals surface area contributed by atoms with Gasteiger partial charge in [0.25, 0.3) is 5.91 Å². The van der Waals surface area contributed by atoms with Gasteiger partial charge in [-0.25, -0.2) is 15.0 Å². The van der Waals surface area contributed by atoms with E-state index in [0.717, 1.165) is 12.3 Å². The van der Waals surface area contributed by atoms with Crippen LogP contribution in [0.2, 0.25) is 5.02 Å². The Morgan fingerprint density at radius 3 is 2.68 bits per heavy atom. The van der Waals surface area contributed by atoms with Gasteiger partial charge in [0.15, 0.2) is 0 Å². The first-order valence-electron chi connectivity index (χ1n) is 9.47. The predicted octanol–water partition coefficient (Wildman–Crippen LogP) is 3.15. The molecule has 1 fully saturated rings. The molecule has 0 radical (unpaired) electrons. The SMILES string of the molecule is CC(C)C(=O)Nc1nccc(C(=O)N[C@@H]2CCN(c3ncc(C(F)(F)F)cc3Cl)C2)n1. The first-order chi connectivity index (χ1) is 14.5. The van der Waals surface area contributed by atoms with Gasteiger partial charge in [0, 0.05) is 37.4 Å². The van der Waals surface area contributed by atoms with E-state index >= 15 is 0 Å². The molecule has 0 spiro atoms. The lowest BCUT2D eigenvalue weighted by Gasteiger charge is -2.20. The number of alkyl halides is 3. The van der Waals surface area contributed by atoms with Crippen molar-refractivity contribution in [1.29, 1.82) is 0 Å². The quantitative estimate of drug-likeness (QED) is 0.717. The number of anilines is 2. The smallest absolute Gasteiger partial charge is 0.353 e. The number of hydrogen-bond acceptors (Lipinski definition) is 6. The third kappa shape index (κ3) is 5.60. The first kappa shape index (κ1) is 22.7. The molecule has 0 unspecified atom stereocenters. The Bertz CT molecular complexity index is 985. The van der Waals surface area contributed by atoms with Crippen LogP contribution in [0.15, 0.2) is 24.5 Å². The Labute approximate surface area is 181 Å². The maximum atomic E-state index is 12.8. The Hall–Kier alpha value is -2.95. The zero-order chi connectivity index (χ0) is 22.8. The van der Waals surface area contributed by atoms with Crippen molar-refractivity contribution in [2.45, 2.75) is 32.5 Å². The van der Waals surface area contributed by atoms with Crippen LogP contribution in [0.25, 0.3) is 0 Å². The van der Waals surface area contributed by atoms with Crippen LogP contribution < -0.4 is 15.5 Å². The van der Waals surface area contributed by atoms with Gasteiger partial charge in [0.2, 0.25) is 11.9 Å². The minimum absolute atomic E-state index is 0.0279. The summed E-state index contributed by atoms with van der Waals surface area (Å²) in [6.07, 6.45) is -1.87.